The van der Waals surface area contributed by atoms with Crippen LogP contribution >= 0.6 is 23.8 Å². The van der Waals surface area contributed by atoms with Crippen molar-refractivity contribution >= 4 is 35.0 Å². The van der Waals surface area contributed by atoms with E-state index in [-0.39, 0.29) is 0 Å². The van der Waals surface area contributed by atoms with Gasteiger partial charge in [0.15, 0.2) is 10.4 Å². The molecule has 1 N–H and O–H groups in total. The molecule has 18 heavy (non-hydrogen) atoms. The third-order valence-electron chi connectivity index (χ3n) is 2.76. The lowest BCUT2D eigenvalue weighted by molar-refractivity contribution is 1.04. The highest BCUT2D eigenvalue weighted by atomic mass is 35.5. The second-order valence-electron chi connectivity index (χ2n) is 4.04. The Kier molecular flexibility index (Phi) is 2.69. The normalized spacial score (nSPS) is 11.0. The summed E-state index contributed by atoms with van der Waals surface area (Å²) in [5, 5.41) is 0.651. The smallest absolute Gasteiger partial charge is 0.184 e. The Morgan fingerprint density at radius 3 is 2.78 bits per heavy atom. The van der Waals surface area contributed by atoms with Crippen molar-refractivity contribution in [3.8, 4) is 5.69 Å². The molecule has 2 heterocycles. The second kappa shape index (κ2) is 4.23. The van der Waals surface area contributed by atoms with Crippen molar-refractivity contribution < 1.29 is 0 Å². The van der Waals surface area contributed by atoms with E-state index in [1.165, 1.54) is 0 Å². The standard InChI is InChI=1S/C13H10ClN3S/c1-8-6-7-10-12(15-8)17(13(18)16-10)11-5-3-2-4-9(11)14/h2-7H,1H3,(H,16,18). The maximum absolute atomic E-state index is 6.22. The van der Waals surface area contributed by atoms with Gasteiger partial charge in [0.05, 0.1) is 16.2 Å². The molecule has 0 saturated heterocycles. The van der Waals surface area contributed by atoms with Gasteiger partial charge in [-0.25, -0.2) is 4.98 Å². The summed E-state index contributed by atoms with van der Waals surface area (Å²) in [5.74, 6) is 0. The molecule has 0 bridgehead atoms. The minimum absolute atomic E-state index is 0.594. The van der Waals surface area contributed by atoms with Crippen LogP contribution in [0.1, 0.15) is 5.69 Å². The zero-order valence-electron chi connectivity index (χ0n) is 9.64. The first kappa shape index (κ1) is 11.4. The van der Waals surface area contributed by atoms with Crippen molar-refractivity contribution in [3.63, 3.8) is 0 Å². The molecule has 0 aliphatic heterocycles. The monoisotopic (exact) mass is 275 g/mol. The maximum atomic E-state index is 6.22. The molecule has 0 atom stereocenters. The highest BCUT2D eigenvalue weighted by Gasteiger charge is 2.10. The second-order valence-corrected chi connectivity index (χ2v) is 4.83. The number of nitrogens with one attached hydrogen (secondary N) is 1. The van der Waals surface area contributed by atoms with Crippen LogP contribution in [0.4, 0.5) is 0 Å². The first-order chi connectivity index (χ1) is 8.66. The quantitative estimate of drug-likeness (QED) is 0.680. The van der Waals surface area contributed by atoms with Gasteiger partial charge in [-0.05, 0) is 43.4 Å². The summed E-state index contributed by atoms with van der Waals surface area (Å²) in [4.78, 5) is 7.66. The molecule has 0 radical (unpaired) electrons. The van der Waals surface area contributed by atoms with Crippen LogP contribution in [0, 0.1) is 11.7 Å². The van der Waals surface area contributed by atoms with Gasteiger partial charge in [-0.15, -0.1) is 0 Å². The molecule has 0 aliphatic carbocycles. The van der Waals surface area contributed by atoms with E-state index in [2.05, 4.69) is 9.97 Å². The van der Waals surface area contributed by atoms with Gasteiger partial charge in [-0.2, -0.15) is 0 Å². The fraction of sp³-hybridized carbons (Fsp3) is 0.0769. The number of halogens is 1. The number of aromatic nitrogens is 3. The molecule has 0 spiro atoms. The highest BCUT2D eigenvalue weighted by Crippen LogP contribution is 2.24. The van der Waals surface area contributed by atoms with E-state index in [9.17, 15) is 0 Å². The Labute approximate surface area is 114 Å². The Morgan fingerprint density at radius 1 is 1.22 bits per heavy atom. The van der Waals surface area contributed by atoms with Crippen molar-refractivity contribution in [1.82, 2.24) is 14.5 Å². The zero-order valence-corrected chi connectivity index (χ0v) is 11.2. The minimum Gasteiger partial charge on any atom is -0.329 e. The lowest BCUT2D eigenvalue weighted by atomic mass is 10.3. The fourth-order valence-corrected chi connectivity index (χ4v) is 2.45. The predicted octanol–water partition coefficient (Wildman–Crippen LogP) is 4.04. The third-order valence-corrected chi connectivity index (χ3v) is 3.37. The number of pyridine rings is 1. The molecule has 2 aromatic heterocycles. The van der Waals surface area contributed by atoms with Crippen LogP contribution in [-0.4, -0.2) is 14.5 Å². The van der Waals surface area contributed by atoms with E-state index >= 15 is 0 Å². The van der Waals surface area contributed by atoms with Crippen LogP contribution in [0.3, 0.4) is 0 Å². The number of H-pyrrole nitrogens is 1. The Morgan fingerprint density at radius 2 is 2.00 bits per heavy atom. The number of fused-ring (bicyclic) bond motifs is 1. The number of hydrogen-bond acceptors (Lipinski definition) is 2. The molecule has 0 saturated carbocycles. The SMILES string of the molecule is Cc1ccc2[nH]c(=S)n(-c3ccccc3Cl)c2n1. The Hall–Kier alpha value is -1.65. The molecule has 3 aromatic rings. The number of rotatable bonds is 1. The highest BCUT2D eigenvalue weighted by molar-refractivity contribution is 7.71. The summed E-state index contributed by atoms with van der Waals surface area (Å²) in [6, 6.07) is 11.5. The molecule has 0 unspecified atom stereocenters. The van der Waals surface area contributed by atoms with Gasteiger partial charge in [0.2, 0.25) is 0 Å². The topological polar surface area (TPSA) is 33.6 Å². The predicted molar refractivity (Wildman–Crippen MR) is 76.0 cm³/mol. The fourth-order valence-electron chi connectivity index (χ4n) is 1.93. The van der Waals surface area contributed by atoms with Crippen LogP contribution in [0.25, 0.3) is 16.9 Å². The molecule has 0 amide bonds. The van der Waals surface area contributed by atoms with E-state index in [0.717, 1.165) is 22.5 Å². The molecule has 3 nitrogen and oxygen atoms in total. The Balaban J connectivity index is 2.42. The van der Waals surface area contributed by atoms with Gasteiger partial charge in [0.25, 0.3) is 0 Å². The molecule has 1 aromatic carbocycles. The van der Waals surface area contributed by atoms with E-state index in [1.807, 2.05) is 47.9 Å². The largest absolute Gasteiger partial charge is 0.329 e. The summed E-state index contributed by atoms with van der Waals surface area (Å²) >= 11 is 11.6. The molecule has 5 heteroatoms. The van der Waals surface area contributed by atoms with Crippen LogP contribution in [0.2, 0.25) is 5.02 Å². The van der Waals surface area contributed by atoms with Crippen LogP contribution < -0.4 is 0 Å². The van der Waals surface area contributed by atoms with Gasteiger partial charge in [0, 0.05) is 5.69 Å². The number of aryl methyl sites for hydroxylation is 1. The lowest BCUT2D eigenvalue weighted by Crippen LogP contribution is -1.97. The lowest BCUT2D eigenvalue weighted by Gasteiger charge is -2.06. The maximum Gasteiger partial charge on any atom is 0.184 e. The summed E-state index contributed by atoms with van der Waals surface area (Å²) in [6.45, 7) is 1.95. The third kappa shape index (κ3) is 1.74. The van der Waals surface area contributed by atoms with Crippen molar-refractivity contribution in [2.45, 2.75) is 6.92 Å². The summed E-state index contributed by atoms with van der Waals surface area (Å²) in [6.07, 6.45) is 0. The van der Waals surface area contributed by atoms with Gasteiger partial charge in [-0.3, -0.25) is 4.57 Å². The van der Waals surface area contributed by atoms with Crippen LogP contribution in [0.15, 0.2) is 36.4 Å². The van der Waals surface area contributed by atoms with Crippen LogP contribution in [0.5, 0.6) is 0 Å². The molecular formula is C13H10ClN3S. The average molecular weight is 276 g/mol. The van der Waals surface area contributed by atoms with E-state index < -0.39 is 0 Å². The van der Waals surface area contributed by atoms with Crippen molar-refractivity contribution in [3.05, 3.63) is 51.9 Å². The van der Waals surface area contributed by atoms with Gasteiger partial charge >= 0.3 is 0 Å². The van der Waals surface area contributed by atoms with Gasteiger partial charge < -0.3 is 4.98 Å². The number of benzene rings is 1. The van der Waals surface area contributed by atoms with Gasteiger partial charge in [0.1, 0.15) is 0 Å². The van der Waals surface area contributed by atoms with Crippen molar-refractivity contribution in [2.24, 2.45) is 0 Å². The van der Waals surface area contributed by atoms with E-state index in [1.54, 1.807) is 0 Å². The summed E-state index contributed by atoms with van der Waals surface area (Å²) in [5.41, 5.74) is 3.49. The summed E-state index contributed by atoms with van der Waals surface area (Å²) in [7, 11) is 0. The molecule has 90 valence electrons. The first-order valence-electron chi connectivity index (χ1n) is 5.50. The zero-order chi connectivity index (χ0) is 12.7. The van der Waals surface area contributed by atoms with Crippen LogP contribution in [-0.2, 0) is 0 Å². The van der Waals surface area contributed by atoms with Crippen molar-refractivity contribution in [1.29, 1.82) is 0 Å². The number of aromatic amines is 1. The molecule has 0 fully saturated rings. The number of para-hydroxylation sites is 1. The number of nitrogens with zero attached hydrogens (tertiary/aromatic N) is 2. The first-order valence-corrected chi connectivity index (χ1v) is 6.29. The average Bonchev–Trinajstić information content (AvgIpc) is 2.66. The number of imidazole rings is 1. The van der Waals surface area contributed by atoms with Gasteiger partial charge in [-0.1, -0.05) is 23.7 Å². The summed E-state index contributed by atoms with van der Waals surface area (Å²) < 4.78 is 2.45. The minimum atomic E-state index is 0.594. The van der Waals surface area contributed by atoms with Crippen molar-refractivity contribution in [2.75, 3.05) is 0 Å². The molecule has 3 rings (SSSR count). The molecular weight excluding hydrogens is 266 g/mol. The van der Waals surface area contributed by atoms with E-state index in [4.69, 9.17) is 23.8 Å². The number of hydrogen-bond donors (Lipinski definition) is 1. The van der Waals surface area contributed by atoms with E-state index in [0.29, 0.717) is 9.79 Å². The molecule has 0 aliphatic rings. The Bertz CT molecular complexity index is 788.